The van der Waals surface area contributed by atoms with E-state index < -0.39 is 5.97 Å². The van der Waals surface area contributed by atoms with Gasteiger partial charge in [-0.1, -0.05) is 30.3 Å². The van der Waals surface area contributed by atoms with Crippen LogP contribution in [-0.2, 0) is 9.53 Å². The molecule has 0 saturated carbocycles. The lowest BCUT2D eigenvalue weighted by atomic mass is 10.1. The molecule has 0 heterocycles. The molecule has 0 bridgehead atoms. The number of hydrogen-bond acceptors (Lipinski definition) is 3. The van der Waals surface area contributed by atoms with E-state index in [0.29, 0.717) is 11.1 Å². The Hall–Kier alpha value is -1.83. The van der Waals surface area contributed by atoms with Crippen LogP contribution in [0.25, 0.3) is 5.57 Å². The largest absolute Gasteiger partial charge is 0.465 e. The highest BCUT2D eigenvalue weighted by Gasteiger charge is 2.11. The van der Waals surface area contributed by atoms with E-state index in [4.69, 9.17) is 5.11 Å². The third-order valence-corrected chi connectivity index (χ3v) is 2.03. The second kappa shape index (κ2) is 5.91. The highest BCUT2D eigenvalue weighted by atomic mass is 16.5. The number of rotatable bonds is 3. The predicted molar refractivity (Wildman–Crippen MR) is 61.7 cm³/mol. The average molecular weight is 218 g/mol. The number of hydrogen-bond donors (Lipinski definition) is 1. The average Bonchev–Trinajstić information content (AvgIpc) is 2.35. The number of ether oxygens (including phenoxy) is 1. The molecule has 0 unspecified atom stereocenters. The Kier molecular flexibility index (Phi) is 4.52. The number of methoxy groups -OCH3 is 1. The van der Waals surface area contributed by atoms with Crippen molar-refractivity contribution in [1.82, 2.24) is 0 Å². The summed E-state index contributed by atoms with van der Waals surface area (Å²) in [6.07, 6.45) is 0. The van der Waals surface area contributed by atoms with E-state index in [2.05, 4.69) is 10.5 Å². The molecule has 1 aromatic carbocycles. The molecule has 3 heteroatoms. The number of carbonyl (C=O) groups excluding carboxylic acids is 1. The van der Waals surface area contributed by atoms with E-state index in [1.807, 2.05) is 18.2 Å². The maximum atomic E-state index is 11.5. The molecule has 1 aromatic rings. The van der Waals surface area contributed by atoms with Gasteiger partial charge in [0.15, 0.2) is 0 Å². The molecule has 0 aliphatic carbocycles. The molecular formula is C13H14O3. The van der Waals surface area contributed by atoms with E-state index in [1.165, 1.54) is 7.11 Å². The Bertz CT molecular complexity index is 426. The second-order valence-corrected chi connectivity index (χ2v) is 3.30. The van der Waals surface area contributed by atoms with E-state index >= 15 is 0 Å². The fraction of sp³-hybridized carbons (Fsp3) is 0.231. The van der Waals surface area contributed by atoms with Crippen LogP contribution in [0.4, 0.5) is 0 Å². The Morgan fingerprint density at radius 1 is 1.38 bits per heavy atom. The molecule has 16 heavy (non-hydrogen) atoms. The summed E-state index contributed by atoms with van der Waals surface area (Å²) in [5.41, 5.74) is 4.48. The van der Waals surface area contributed by atoms with Gasteiger partial charge < -0.3 is 9.84 Å². The molecule has 3 nitrogen and oxygen atoms in total. The van der Waals surface area contributed by atoms with E-state index in [-0.39, 0.29) is 6.61 Å². The first-order chi connectivity index (χ1) is 7.69. The summed E-state index contributed by atoms with van der Waals surface area (Å²) in [6, 6.07) is 9.11. The summed E-state index contributed by atoms with van der Waals surface area (Å²) in [5, 5.41) is 8.92. The van der Waals surface area contributed by atoms with Crippen LogP contribution in [0, 0.1) is 0 Å². The highest BCUT2D eigenvalue weighted by Crippen LogP contribution is 2.14. The van der Waals surface area contributed by atoms with Crippen LogP contribution < -0.4 is 0 Å². The standard InChI is InChI=1S/C13H14O3/c1-10(9-14)8-12(13(15)16-2)11-6-4-3-5-7-11/h3-7,14H,9H2,1-2H3. The lowest BCUT2D eigenvalue weighted by molar-refractivity contribution is -0.133. The van der Waals surface area contributed by atoms with Crippen molar-refractivity contribution in [3.8, 4) is 0 Å². The van der Waals surface area contributed by atoms with E-state index in [9.17, 15) is 4.79 Å². The molecule has 0 aromatic heterocycles. The van der Waals surface area contributed by atoms with Crippen LogP contribution >= 0.6 is 0 Å². The number of aliphatic hydroxyl groups is 1. The third kappa shape index (κ3) is 3.09. The third-order valence-electron chi connectivity index (χ3n) is 2.03. The van der Waals surface area contributed by atoms with Crippen LogP contribution in [-0.4, -0.2) is 24.8 Å². The molecule has 0 fully saturated rings. The molecule has 0 radical (unpaired) electrons. The van der Waals surface area contributed by atoms with Gasteiger partial charge in [-0.05, 0) is 18.1 Å². The SMILES string of the molecule is COC(=O)C(=C=C(C)CO)c1ccccc1. The van der Waals surface area contributed by atoms with Crippen molar-refractivity contribution in [2.45, 2.75) is 6.92 Å². The minimum Gasteiger partial charge on any atom is -0.465 e. The second-order valence-electron chi connectivity index (χ2n) is 3.30. The van der Waals surface area contributed by atoms with Crippen molar-refractivity contribution in [3.63, 3.8) is 0 Å². The van der Waals surface area contributed by atoms with E-state index in [1.54, 1.807) is 19.1 Å². The normalized spacial score (nSPS) is 9.19. The van der Waals surface area contributed by atoms with Crippen LogP contribution in [0.3, 0.4) is 0 Å². The van der Waals surface area contributed by atoms with Gasteiger partial charge in [-0.2, -0.15) is 0 Å². The zero-order valence-corrected chi connectivity index (χ0v) is 9.36. The van der Waals surface area contributed by atoms with Gasteiger partial charge >= 0.3 is 5.97 Å². The summed E-state index contributed by atoms with van der Waals surface area (Å²) in [6.45, 7) is 1.57. The quantitative estimate of drug-likeness (QED) is 0.478. The first kappa shape index (κ1) is 12.2. The Labute approximate surface area is 94.7 Å². The van der Waals surface area contributed by atoms with Crippen molar-refractivity contribution in [2.75, 3.05) is 13.7 Å². The summed E-state index contributed by atoms with van der Waals surface area (Å²) in [7, 11) is 1.32. The Morgan fingerprint density at radius 3 is 2.50 bits per heavy atom. The minimum atomic E-state index is -0.459. The van der Waals surface area contributed by atoms with Gasteiger partial charge in [0.1, 0.15) is 5.57 Å². The van der Waals surface area contributed by atoms with Gasteiger partial charge in [0, 0.05) is 0 Å². The van der Waals surface area contributed by atoms with Crippen LogP contribution in [0.1, 0.15) is 12.5 Å². The molecule has 84 valence electrons. The number of benzene rings is 1. The van der Waals surface area contributed by atoms with E-state index in [0.717, 1.165) is 5.56 Å². The maximum Gasteiger partial charge on any atom is 0.346 e. The number of esters is 1. The van der Waals surface area contributed by atoms with Gasteiger partial charge in [0.2, 0.25) is 0 Å². The lowest BCUT2D eigenvalue weighted by Gasteiger charge is -2.02. The van der Waals surface area contributed by atoms with Gasteiger partial charge in [0.25, 0.3) is 0 Å². The van der Waals surface area contributed by atoms with Gasteiger partial charge in [0.05, 0.1) is 13.7 Å². The van der Waals surface area contributed by atoms with Crippen LogP contribution in [0.5, 0.6) is 0 Å². The number of aliphatic hydroxyl groups excluding tert-OH is 1. The highest BCUT2D eigenvalue weighted by molar-refractivity contribution is 6.16. The summed E-state index contributed by atoms with van der Waals surface area (Å²) >= 11 is 0. The Morgan fingerprint density at radius 2 is 2.00 bits per heavy atom. The van der Waals surface area contributed by atoms with Crippen LogP contribution in [0.15, 0.2) is 41.6 Å². The minimum absolute atomic E-state index is 0.132. The zero-order valence-electron chi connectivity index (χ0n) is 9.36. The van der Waals surface area contributed by atoms with Crippen molar-refractivity contribution < 1.29 is 14.6 Å². The monoisotopic (exact) mass is 218 g/mol. The van der Waals surface area contributed by atoms with Gasteiger partial charge in [-0.25, -0.2) is 4.79 Å². The molecule has 1 rings (SSSR count). The molecule has 0 aliphatic rings. The number of carbonyl (C=O) groups is 1. The zero-order chi connectivity index (χ0) is 12.0. The molecule has 0 atom stereocenters. The maximum absolute atomic E-state index is 11.5. The lowest BCUT2D eigenvalue weighted by Crippen LogP contribution is -2.03. The molecule has 0 amide bonds. The first-order valence-corrected chi connectivity index (χ1v) is 4.90. The molecule has 0 aliphatic heterocycles. The fourth-order valence-electron chi connectivity index (χ4n) is 1.20. The topological polar surface area (TPSA) is 46.5 Å². The molecule has 0 saturated heterocycles. The Balaban J connectivity index is 3.28. The molecular weight excluding hydrogens is 204 g/mol. The smallest absolute Gasteiger partial charge is 0.346 e. The van der Waals surface area contributed by atoms with Crippen molar-refractivity contribution in [3.05, 3.63) is 47.2 Å². The summed E-state index contributed by atoms with van der Waals surface area (Å²) < 4.78 is 4.68. The van der Waals surface area contributed by atoms with Crippen molar-refractivity contribution in [2.24, 2.45) is 0 Å². The summed E-state index contributed by atoms with van der Waals surface area (Å²) in [5.74, 6) is -0.459. The molecule has 0 spiro atoms. The summed E-state index contributed by atoms with van der Waals surface area (Å²) in [4.78, 5) is 11.5. The van der Waals surface area contributed by atoms with Crippen LogP contribution in [0.2, 0.25) is 0 Å². The predicted octanol–water partition coefficient (Wildman–Crippen LogP) is 1.78. The van der Waals surface area contributed by atoms with Crippen molar-refractivity contribution in [1.29, 1.82) is 0 Å². The molecule has 1 N–H and O–H groups in total. The van der Waals surface area contributed by atoms with Crippen molar-refractivity contribution >= 4 is 11.5 Å². The first-order valence-electron chi connectivity index (χ1n) is 4.90. The van der Waals surface area contributed by atoms with Gasteiger partial charge in [-0.15, -0.1) is 5.73 Å². The fourth-order valence-corrected chi connectivity index (χ4v) is 1.20. The van der Waals surface area contributed by atoms with Gasteiger partial charge in [-0.3, -0.25) is 0 Å².